The average Bonchev–Trinajstić information content (AvgIpc) is 2.51. The molecule has 2 N–H and O–H groups in total. The fourth-order valence-corrected chi connectivity index (χ4v) is 2.97. The smallest absolute Gasteiger partial charge is 0.191 e. The molecule has 0 radical (unpaired) electrons. The Morgan fingerprint density at radius 2 is 1.88 bits per heavy atom. The van der Waals surface area contributed by atoms with Gasteiger partial charge in [-0.25, -0.2) is 22.2 Å². The summed E-state index contributed by atoms with van der Waals surface area (Å²) in [5.41, 5.74) is -0.0860. The van der Waals surface area contributed by atoms with E-state index in [1.807, 2.05) is 20.8 Å². The van der Waals surface area contributed by atoms with Crippen molar-refractivity contribution in [2.45, 2.75) is 33.7 Å². The molecule has 26 heavy (non-hydrogen) atoms. The third kappa shape index (κ3) is 10.2. The predicted molar refractivity (Wildman–Crippen MR) is 113 cm³/mol. The van der Waals surface area contributed by atoms with E-state index >= 15 is 0 Å². The molecule has 0 aliphatic carbocycles. The van der Waals surface area contributed by atoms with E-state index in [1.165, 1.54) is 6.26 Å². The van der Waals surface area contributed by atoms with Crippen molar-refractivity contribution in [2.75, 3.05) is 25.1 Å². The van der Waals surface area contributed by atoms with Crippen molar-refractivity contribution >= 4 is 39.8 Å². The van der Waals surface area contributed by atoms with Gasteiger partial charge in [0.2, 0.25) is 0 Å². The highest BCUT2D eigenvalue weighted by molar-refractivity contribution is 14.0. The number of rotatable bonds is 8. The lowest BCUT2D eigenvalue weighted by Gasteiger charge is -2.25. The highest BCUT2D eigenvalue weighted by Crippen LogP contribution is 2.19. The quantitative estimate of drug-likeness (QED) is 0.325. The molecule has 0 aliphatic heterocycles. The van der Waals surface area contributed by atoms with Crippen LogP contribution in [0, 0.1) is 17.0 Å². The Kier molecular flexibility index (Phi) is 10.6. The number of sulfone groups is 1. The number of guanidine groups is 1. The van der Waals surface area contributed by atoms with E-state index in [9.17, 15) is 17.2 Å². The van der Waals surface area contributed by atoms with Crippen LogP contribution in [0.2, 0.25) is 0 Å². The van der Waals surface area contributed by atoms with Crippen LogP contribution in [0.5, 0.6) is 0 Å². The highest BCUT2D eigenvalue weighted by Gasteiger charge is 2.20. The molecule has 0 saturated heterocycles. The van der Waals surface area contributed by atoms with E-state index < -0.39 is 21.5 Å². The summed E-state index contributed by atoms with van der Waals surface area (Å²) in [6, 6.07) is 3.27. The molecule has 0 aromatic heterocycles. The van der Waals surface area contributed by atoms with Gasteiger partial charge in [0.25, 0.3) is 0 Å². The second-order valence-electron chi connectivity index (χ2n) is 6.83. The number of nitrogens with zero attached hydrogens (tertiary/aromatic N) is 1. The van der Waals surface area contributed by atoms with Crippen LogP contribution in [-0.2, 0) is 16.4 Å². The minimum Gasteiger partial charge on any atom is -0.357 e. The van der Waals surface area contributed by atoms with Crippen molar-refractivity contribution in [3.63, 3.8) is 0 Å². The standard InChI is InChI=1S/C17H27F2N3O2S.HI/c1-5-20-16(21-11-13-10-14(18)6-7-15(13)19)22-12-17(2,3)8-9-25(4,23)24;/h6-7,10H,5,8-9,11-12H2,1-4H3,(H2,20,21,22);1H. The van der Waals surface area contributed by atoms with Gasteiger partial charge < -0.3 is 10.6 Å². The molecule has 1 aromatic rings. The van der Waals surface area contributed by atoms with Crippen LogP contribution in [-0.4, -0.2) is 39.5 Å². The van der Waals surface area contributed by atoms with Crippen molar-refractivity contribution in [1.29, 1.82) is 0 Å². The van der Waals surface area contributed by atoms with E-state index in [0.717, 1.165) is 18.2 Å². The van der Waals surface area contributed by atoms with Crippen LogP contribution in [0.1, 0.15) is 32.8 Å². The van der Waals surface area contributed by atoms with Gasteiger partial charge in [-0.05, 0) is 37.0 Å². The minimum absolute atomic E-state index is 0. The van der Waals surface area contributed by atoms with Crippen LogP contribution in [0.25, 0.3) is 0 Å². The van der Waals surface area contributed by atoms with Gasteiger partial charge in [0.05, 0.1) is 12.3 Å². The first kappa shape index (κ1) is 25.0. The SMILES string of the molecule is CCNC(=NCc1cc(F)ccc1F)NCC(C)(C)CCS(C)(=O)=O.I. The van der Waals surface area contributed by atoms with Gasteiger partial charge in [-0.2, -0.15) is 0 Å². The highest BCUT2D eigenvalue weighted by atomic mass is 127. The Bertz CT molecular complexity index is 710. The Balaban J connectivity index is 0.00000625. The molecule has 0 unspecified atom stereocenters. The van der Waals surface area contributed by atoms with Crippen molar-refractivity contribution in [3.8, 4) is 0 Å². The maximum absolute atomic E-state index is 13.7. The number of aliphatic imine (C=N–C) groups is 1. The first-order valence-corrected chi connectivity index (χ1v) is 10.2. The Morgan fingerprint density at radius 1 is 1.23 bits per heavy atom. The van der Waals surface area contributed by atoms with Crippen LogP contribution < -0.4 is 10.6 Å². The Hall–Kier alpha value is -0.970. The summed E-state index contributed by atoms with van der Waals surface area (Å²) < 4.78 is 49.5. The predicted octanol–water partition coefficient (Wildman–Crippen LogP) is 3.10. The number of hydrogen-bond donors (Lipinski definition) is 2. The summed E-state index contributed by atoms with van der Waals surface area (Å²) in [6.45, 7) is 6.93. The fourth-order valence-electron chi connectivity index (χ4n) is 2.04. The van der Waals surface area contributed by atoms with Crippen molar-refractivity contribution in [1.82, 2.24) is 10.6 Å². The van der Waals surface area contributed by atoms with Gasteiger partial charge in [-0.1, -0.05) is 13.8 Å². The largest absolute Gasteiger partial charge is 0.357 e. The lowest BCUT2D eigenvalue weighted by molar-refractivity contribution is 0.348. The average molecular weight is 503 g/mol. The molecule has 0 amide bonds. The lowest BCUT2D eigenvalue weighted by Crippen LogP contribution is -2.42. The molecule has 1 rings (SSSR count). The monoisotopic (exact) mass is 503 g/mol. The van der Waals surface area contributed by atoms with Crippen LogP contribution in [0.3, 0.4) is 0 Å². The van der Waals surface area contributed by atoms with E-state index in [2.05, 4.69) is 15.6 Å². The fraction of sp³-hybridized carbons (Fsp3) is 0.588. The van der Waals surface area contributed by atoms with Gasteiger partial charge in [-0.15, -0.1) is 24.0 Å². The summed E-state index contributed by atoms with van der Waals surface area (Å²) in [5, 5.41) is 6.17. The number of halogens is 3. The summed E-state index contributed by atoms with van der Waals surface area (Å²) in [6.07, 6.45) is 1.73. The van der Waals surface area contributed by atoms with Crippen molar-refractivity contribution in [2.24, 2.45) is 10.4 Å². The zero-order valence-electron chi connectivity index (χ0n) is 15.6. The zero-order valence-corrected chi connectivity index (χ0v) is 18.8. The van der Waals surface area contributed by atoms with E-state index in [1.54, 1.807) is 0 Å². The molecule has 0 spiro atoms. The molecule has 5 nitrogen and oxygen atoms in total. The molecule has 9 heteroatoms. The van der Waals surface area contributed by atoms with E-state index in [4.69, 9.17) is 0 Å². The van der Waals surface area contributed by atoms with Crippen LogP contribution in [0.4, 0.5) is 8.78 Å². The van der Waals surface area contributed by atoms with Gasteiger partial charge in [0.15, 0.2) is 5.96 Å². The Labute approximate surface area is 172 Å². The molecule has 0 bridgehead atoms. The Morgan fingerprint density at radius 3 is 2.46 bits per heavy atom. The third-order valence-electron chi connectivity index (χ3n) is 3.64. The first-order chi connectivity index (χ1) is 11.5. The molecule has 0 heterocycles. The maximum Gasteiger partial charge on any atom is 0.191 e. The van der Waals surface area contributed by atoms with E-state index in [0.29, 0.717) is 25.5 Å². The van der Waals surface area contributed by atoms with Gasteiger partial charge >= 0.3 is 0 Å². The molecule has 0 aliphatic rings. The summed E-state index contributed by atoms with van der Waals surface area (Å²) in [5.74, 6) is -0.427. The summed E-state index contributed by atoms with van der Waals surface area (Å²) >= 11 is 0. The molecular formula is C17H28F2IN3O2S. The number of nitrogens with one attached hydrogen (secondary N) is 2. The maximum atomic E-state index is 13.7. The minimum atomic E-state index is -3.01. The third-order valence-corrected chi connectivity index (χ3v) is 4.59. The topological polar surface area (TPSA) is 70.6 Å². The van der Waals surface area contributed by atoms with Crippen molar-refractivity contribution < 1.29 is 17.2 Å². The summed E-state index contributed by atoms with van der Waals surface area (Å²) in [7, 11) is -3.01. The van der Waals surface area contributed by atoms with Crippen LogP contribution in [0.15, 0.2) is 23.2 Å². The van der Waals surface area contributed by atoms with E-state index in [-0.39, 0.29) is 47.3 Å². The van der Waals surface area contributed by atoms with Crippen molar-refractivity contribution in [3.05, 3.63) is 35.4 Å². The second kappa shape index (κ2) is 11.0. The molecule has 0 atom stereocenters. The first-order valence-electron chi connectivity index (χ1n) is 8.16. The molecule has 150 valence electrons. The lowest BCUT2D eigenvalue weighted by atomic mass is 9.90. The number of benzene rings is 1. The molecule has 0 fully saturated rings. The normalized spacial score (nSPS) is 12.5. The molecule has 1 aromatic carbocycles. The van der Waals surface area contributed by atoms with Gasteiger partial charge in [0.1, 0.15) is 21.5 Å². The van der Waals surface area contributed by atoms with Crippen LogP contribution >= 0.6 is 24.0 Å². The van der Waals surface area contributed by atoms with Gasteiger partial charge in [0, 0.05) is 24.9 Å². The molecule has 0 saturated carbocycles. The second-order valence-corrected chi connectivity index (χ2v) is 9.09. The number of hydrogen-bond acceptors (Lipinski definition) is 3. The van der Waals surface area contributed by atoms with Gasteiger partial charge in [-0.3, -0.25) is 0 Å². The molecular weight excluding hydrogens is 475 g/mol. The summed E-state index contributed by atoms with van der Waals surface area (Å²) in [4.78, 5) is 4.27. The zero-order chi connectivity index (χ0) is 19.1.